The monoisotopic (exact) mass is 328 g/mol. The molecule has 0 fully saturated rings. The first-order chi connectivity index (χ1) is 11.0. The Kier molecular flexibility index (Phi) is 4.22. The van der Waals surface area contributed by atoms with Gasteiger partial charge in [-0.3, -0.25) is 13.9 Å². The number of rotatable bonds is 4. The number of fused-ring (bicyclic) bond motifs is 1. The van der Waals surface area contributed by atoms with Gasteiger partial charge < -0.3 is 0 Å². The van der Waals surface area contributed by atoms with E-state index in [0.717, 1.165) is 16.1 Å². The first-order valence-electron chi connectivity index (χ1n) is 7.73. The zero-order valence-electron chi connectivity index (χ0n) is 13.6. The molecule has 0 atom stereocenters. The Bertz CT molecular complexity index is 949. The highest BCUT2D eigenvalue weighted by molar-refractivity contribution is 7.18. The highest BCUT2D eigenvalue weighted by atomic mass is 32.1. The van der Waals surface area contributed by atoms with Crippen molar-refractivity contribution in [2.75, 3.05) is 0 Å². The second kappa shape index (κ2) is 6.16. The average Bonchev–Trinajstić information content (AvgIpc) is 2.94. The lowest BCUT2D eigenvalue weighted by Gasteiger charge is -2.11. The molecule has 0 aliphatic heterocycles. The largest absolute Gasteiger partial charge is 0.331 e. The van der Waals surface area contributed by atoms with Crippen LogP contribution in [0.1, 0.15) is 24.3 Å². The maximum absolute atomic E-state index is 12.4. The summed E-state index contributed by atoms with van der Waals surface area (Å²) in [5.41, 5.74) is 0.763. The van der Waals surface area contributed by atoms with Crippen LogP contribution in [0.5, 0.6) is 0 Å². The fourth-order valence-corrected chi connectivity index (χ4v) is 3.91. The number of hydrogen-bond donors (Lipinski definition) is 0. The number of hydrogen-bond acceptors (Lipinski definition) is 3. The zero-order chi connectivity index (χ0) is 16.6. The molecule has 0 spiro atoms. The normalized spacial score (nSPS) is 11.5. The van der Waals surface area contributed by atoms with Gasteiger partial charge in [0.15, 0.2) is 0 Å². The van der Waals surface area contributed by atoms with E-state index in [1.807, 2.05) is 24.3 Å². The number of nitrogens with zero attached hydrogens (tertiary/aromatic N) is 2. The number of thiophene rings is 1. The van der Waals surface area contributed by atoms with Gasteiger partial charge in [0.1, 0.15) is 4.83 Å². The van der Waals surface area contributed by atoms with E-state index in [1.165, 1.54) is 10.1 Å². The Balaban J connectivity index is 2.16. The van der Waals surface area contributed by atoms with Gasteiger partial charge in [-0.2, -0.15) is 0 Å². The fraction of sp³-hybridized carbons (Fsp3) is 0.333. The molecule has 1 aromatic carbocycles. The molecule has 0 aliphatic rings. The molecule has 0 unspecified atom stereocenters. The summed E-state index contributed by atoms with van der Waals surface area (Å²) >= 11 is 1.55. The van der Waals surface area contributed by atoms with E-state index in [-0.39, 0.29) is 11.2 Å². The third-order valence-electron chi connectivity index (χ3n) is 3.83. The van der Waals surface area contributed by atoms with Crippen LogP contribution in [-0.4, -0.2) is 9.13 Å². The minimum absolute atomic E-state index is 0.208. The van der Waals surface area contributed by atoms with Crippen LogP contribution in [0.4, 0.5) is 0 Å². The predicted molar refractivity (Wildman–Crippen MR) is 95.4 cm³/mol. The summed E-state index contributed by atoms with van der Waals surface area (Å²) in [5.74, 6) is 0.341. The van der Waals surface area contributed by atoms with Gasteiger partial charge >= 0.3 is 5.69 Å². The second-order valence-corrected chi connectivity index (χ2v) is 7.36. The van der Waals surface area contributed by atoms with Crippen LogP contribution < -0.4 is 11.2 Å². The fourth-order valence-electron chi connectivity index (χ4n) is 2.73. The highest BCUT2D eigenvalue weighted by Gasteiger charge is 2.15. The highest BCUT2D eigenvalue weighted by Crippen LogP contribution is 2.25. The van der Waals surface area contributed by atoms with E-state index < -0.39 is 0 Å². The summed E-state index contributed by atoms with van der Waals surface area (Å²) in [6, 6.07) is 12.1. The van der Waals surface area contributed by atoms with Crippen molar-refractivity contribution in [3.8, 4) is 0 Å². The zero-order valence-corrected chi connectivity index (χ0v) is 14.4. The number of aromatic nitrogens is 2. The minimum Gasteiger partial charge on any atom is -0.284 e. The lowest BCUT2D eigenvalue weighted by Crippen LogP contribution is -2.38. The summed E-state index contributed by atoms with van der Waals surface area (Å²) < 4.78 is 2.95. The lowest BCUT2D eigenvalue weighted by atomic mass is 10.1. The molecule has 0 radical (unpaired) electrons. The summed E-state index contributed by atoms with van der Waals surface area (Å²) in [7, 11) is 1.55. The van der Waals surface area contributed by atoms with E-state index >= 15 is 0 Å². The third-order valence-corrected chi connectivity index (χ3v) is 4.99. The van der Waals surface area contributed by atoms with Crippen molar-refractivity contribution in [2.24, 2.45) is 13.0 Å². The molecule has 0 saturated heterocycles. The predicted octanol–water partition coefficient (Wildman–Crippen LogP) is 3.01. The van der Waals surface area contributed by atoms with E-state index in [9.17, 15) is 9.59 Å². The molecule has 2 heterocycles. The third kappa shape index (κ3) is 3.01. The van der Waals surface area contributed by atoms with Gasteiger partial charge in [0.05, 0.1) is 5.39 Å². The van der Waals surface area contributed by atoms with Gasteiger partial charge in [0.2, 0.25) is 0 Å². The van der Waals surface area contributed by atoms with Gasteiger partial charge in [0, 0.05) is 24.9 Å². The summed E-state index contributed by atoms with van der Waals surface area (Å²) in [4.78, 5) is 26.7. The van der Waals surface area contributed by atoms with Gasteiger partial charge in [-0.25, -0.2) is 4.79 Å². The Labute approximate surface area is 138 Å². The maximum Gasteiger partial charge on any atom is 0.331 e. The van der Waals surface area contributed by atoms with E-state index in [1.54, 1.807) is 23.0 Å². The van der Waals surface area contributed by atoms with Gasteiger partial charge in [-0.05, 0) is 17.5 Å². The molecule has 4 nitrogen and oxygen atoms in total. The molecular formula is C18H20N2O2S. The summed E-state index contributed by atoms with van der Waals surface area (Å²) in [6.45, 7) is 4.76. The summed E-state index contributed by atoms with van der Waals surface area (Å²) in [5, 5.41) is 0.642. The van der Waals surface area contributed by atoms with Gasteiger partial charge in [-0.1, -0.05) is 44.2 Å². The molecule has 120 valence electrons. The molecule has 0 N–H and O–H groups in total. The SMILES string of the molecule is CC(C)Cn1c(=O)n(C)c(=O)c2cc(Cc3ccccc3)sc21. The molecular weight excluding hydrogens is 308 g/mol. The van der Waals surface area contributed by atoms with Gasteiger partial charge in [0.25, 0.3) is 5.56 Å². The van der Waals surface area contributed by atoms with Crippen LogP contribution in [0.2, 0.25) is 0 Å². The van der Waals surface area contributed by atoms with E-state index in [2.05, 4.69) is 26.0 Å². The standard InChI is InChI=1S/C18H20N2O2S/c1-12(2)11-20-17-15(16(21)19(3)18(20)22)10-14(23-17)9-13-7-5-4-6-8-13/h4-8,10,12H,9,11H2,1-3H3. The van der Waals surface area contributed by atoms with Crippen molar-refractivity contribution in [1.29, 1.82) is 0 Å². The Morgan fingerprint density at radius 1 is 1.13 bits per heavy atom. The Morgan fingerprint density at radius 3 is 2.48 bits per heavy atom. The quantitative estimate of drug-likeness (QED) is 0.739. The second-order valence-electron chi connectivity index (χ2n) is 6.25. The van der Waals surface area contributed by atoms with E-state index in [4.69, 9.17) is 0 Å². The van der Waals surface area contributed by atoms with Crippen molar-refractivity contribution in [3.63, 3.8) is 0 Å². The topological polar surface area (TPSA) is 44.0 Å². The molecule has 0 bridgehead atoms. The molecule has 0 saturated carbocycles. The first kappa shape index (κ1) is 15.7. The van der Waals surface area contributed by atoms with Crippen molar-refractivity contribution in [1.82, 2.24) is 9.13 Å². The molecule has 3 rings (SSSR count). The number of benzene rings is 1. The van der Waals surface area contributed by atoms with Crippen molar-refractivity contribution in [3.05, 3.63) is 67.7 Å². The summed E-state index contributed by atoms with van der Waals surface area (Å²) in [6.07, 6.45) is 0.777. The lowest BCUT2D eigenvalue weighted by molar-refractivity contribution is 0.504. The molecule has 0 aliphatic carbocycles. The van der Waals surface area contributed by atoms with Crippen molar-refractivity contribution in [2.45, 2.75) is 26.8 Å². The van der Waals surface area contributed by atoms with Gasteiger partial charge in [-0.15, -0.1) is 11.3 Å². The minimum atomic E-state index is -0.232. The molecule has 23 heavy (non-hydrogen) atoms. The van der Waals surface area contributed by atoms with Crippen LogP contribution in [0, 0.1) is 5.92 Å². The maximum atomic E-state index is 12.4. The van der Waals surface area contributed by atoms with E-state index in [0.29, 0.717) is 17.8 Å². The van der Waals surface area contributed by atoms with Crippen molar-refractivity contribution >= 4 is 21.6 Å². The molecule has 5 heteroatoms. The van der Waals surface area contributed by atoms with Crippen molar-refractivity contribution < 1.29 is 0 Å². The van der Waals surface area contributed by atoms with Crippen LogP contribution in [0.25, 0.3) is 10.2 Å². The molecule has 3 aromatic rings. The molecule has 2 aromatic heterocycles. The van der Waals surface area contributed by atoms with Crippen LogP contribution >= 0.6 is 11.3 Å². The average molecular weight is 328 g/mol. The van der Waals surface area contributed by atoms with Crippen LogP contribution in [-0.2, 0) is 20.0 Å². The first-order valence-corrected chi connectivity index (χ1v) is 8.55. The molecule has 0 amide bonds. The van der Waals surface area contributed by atoms with Crippen LogP contribution in [0.3, 0.4) is 0 Å². The smallest absolute Gasteiger partial charge is 0.284 e. The van der Waals surface area contributed by atoms with Crippen LogP contribution in [0.15, 0.2) is 46.0 Å². The Hall–Kier alpha value is -2.14. The Morgan fingerprint density at radius 2 is 1.83 bits per heavy atom.